The van der Waals surface area contributed by atoms with E-state index in [4.69, 9.17) is 0 Å². The molecule has 0 aliphatic heterocycles. The molecule has 0 bridgehead atoms. The summed E-state index contributed by atoms with van der Waals surface area (Å²) in [6.45, 7) is 10.3. The fourth-order valence-electron chi connectivity index (χ4n) is 2.83. The highest BCUT2D eigenvalue weighted by Gasteiger charge is 2.22. The Hall–Kier alpha value is -1.19. The first-order valence-electron chi connectivity index (χ1n) is 6.96. The molecule has 0 aromatic heterocycles. The fraction of sp³-hybridized carbons (Fsp3) is 0.333. The first kappa shape index (κ1) is 16.2. The molecule has 0 radical (unpaired) electrons. The maximum absolute atomic E-state index is 13.7. The molecular weight excluding hydrogens is 331 g/mol. The number of halogens is 2. The van der Waals surface area contributed by atoms with Crippen molar-refractivity contribution >= 4 is 15.9 Å². The van der Waals surface area contributed by atoms with Crippen molar-refractivity contribution in [2.24, 2.45) is 0 Å². The molecule has 1 atom stereocenters. The Labute approximate surface area is 134 Å². The van der Waals surface area contributed by atoms with Gasteiger partial charge in [-0.3, -0.25) is 0 Å². The molecule has 0 amide bonds. The zero-order chi connectivity index (χ0) is 15.9. The van der Waals surface area contributed by atoms with Crippen LogP contribution in [0.1, 0.15) is 45.0 Å². The summed E-state index contributed by atoms with van der Waals surface area (Å²) in [6.07, 6.45) is -0.840. The van der Waals surface area contributed by atoms with Crippen LogP contribution in [0.5, 0.6) is 0 Å². The molecule has 21 heavy (non-hydrogen) atoms. The summed E-state index contributed by atoms with van der Waals surface area (Å²) in [5, 5.41) is 10.8. The summed E-state index contributed by atoms with van der Waals surface area (Å²) >= 11 is 3.24. The van der Waals surface area contributed by atoms with E-state index in [1.165, 1.54) is 22.8 Å². The number of hydrogen-bond acceptors (Lipinski definition) is 1. The van der Waals surface area contributed by atoms with Gasteiger partial charge in [0.25, 0.3) is 0 Å². The normalized spacial score (nSPS) is 12.6. The minimum Gasteiger partial charge on any atom is -0.384 e. The van der Waals surface area contributed by atoms with Gasteiger partial charge in [-0.1, -0.05) is 12.1 Å². The highest BCUT2D eigenvalue weighted by atomic mass is 79.9. The van der Waals surface area contributed by atoms with Crippen molar-refractivity contribution in [3.63, 3.8) is 0 Å². The van der Waals surface area contributed by atoms with Crippen LogP contribution in [-0.4, -0.2) is 5.11 Å². The second-order valence-corrected chi connectivity index (χ2v) is 6.38. The third-order valence-electron chi connectivity index (χ3n) is 4.61. The van der Waals surface area contributed by atoms with Gasteiger partial charge in [0.2, 0.25) is 0 Å². The fourth-order valence-corrected chi connectivity index (χ4v) is 3.31. The molecule has 0 aliphatic rings. The topological polar surface area (TPSA) is 20.2 Å². The molecule has 1 nitrogen and oxygen atoms in total. The summed E-state index contributed by atoms with van der Waals surface area (Å²) in [6, 6.07) is 4.75. The number of rotatable bonds is 2. The Morgan fingerprint density at radius 3 is 1.90 bits per heavy atom. The van der Waals surface area contributed by atoms with Crippen LogP contribution in [-0.2, 0) is 0 Å². The van der Waals surface area contributed by atoms with Crippen LogP contribution < -0.4 is 0 Å². The molecule has 0 fully saturated rings. The minimum atomic E-state index is -0.840. The molecule has 112 valence electrons. The number of aliphatic hydroxyl groups excluding tert-OH is 1. The number of aliphatic hydroxyl groups is 1. The lowest BCUT2D eigenvalue weighted by atomic mass is 9.85. The molecule has 2 aromatic carbocycles. The zero-order valence-corrected chi connectivity index (χ0v) is 14.6. The van der Waals surface area contributed by atoms with E-state index < -0.39 is 6.10 Å². The Morgan fingerprint density at radius 2 is 1.38 bits per heavy atom. The van der Waals surface area contributed by atoms with Gasteiger partial charge in [-0.15, -0.1) is 0 Å². The van der Waals surface area contributed by atoms with Crippen LogP contribution in [0.15, 0.2) is 22.7 Å². The van der Waals surface area contributed by atoms with E-state index in [1.807, 2.05) is 13.8 Å². The highest BCUT2D eigenvalue weighted by Crippen LogP contribution is 2.36. The third-order valence-corrected chi connectivity index (χ3v) is 5.44. The Bertz CT molecular complexity index is 678. The Kier molecular flexibility index (Phi) is 4.54. The largest absolute Gasteiger partial charge is 0.384 e. The van der Waals surface area contributed by atoms with Gasteiger partial charge < -0.3 is 5.11 Å². The monoisotopic (exact) mass is 350 g/mol. The van der Waals surface area contributed by atoms with Gasteiger partial charge in [0.15, 0.2) is 0 Å². The Morgan fingerprint density at radius 1 is 0.905 bits per heavy atom. The van der Waals surface area contributed by atoms with Crippen molar-refractivity contribution in [2.45, 2.75) is 40.7 Å². The quantitative estimate of drug-likeness (QED) is 0.787. The molecular formula is C18H20BrFO. The van der Waals surface area contributed by atoms with Gasteiger partial charge in [-0.05, 0) is 90.0 Å². The average molecular weight is 351 g/mol. The molecule has 1 unspecified atom stereocenters. The summed E-state index contributed by atoms with van der Waals surface area (Å²) in [7, 11) is 0. The van der Waals surface area contributed by atoms with E-state index >= 15 is 0 Å². The maximum Gasteiger partial charge on any atom is 0.137 e. The lowest BCUT2D eigenvalue weighted by Gasteiger charge is -2.23. The summed E-state index contributed by atoms with van der Waals surface area (Å²) < 4.78 is 14.0. The predicted molar refractivity (Wildman–Crippen MR) is 88.3 cm³/mol. The van der Waals surface area contributed by atoms with Crippen LogP contribution in [0.2, 0.25) is 0 Å². The molecule has 0 saturated carbocycles. The Balaban J connectivity index is 2.70. The second kappa shape index (κ2) is 5.90. The highest BCUT2D eigenvalue weighted by molar-refractivity contribution is 9.10. The van der Waals surface area contributed by atoms with Crippen molar-refractivity contribution in [3.8, 4) is 0 Å². The first-order chi connectivity index (χ1) is 9.77. The summed E-state index contributed by atoms with van der Waals surface area (Å²) in [5.41, 5.74) is 7.18. The number of hydrogen-bond donors (Lipinski definition) is 1. The lowest BCUT2D eigenvalue weighted by Crippen LogP contribution is -2.10. The van der Waals surface area contributed by atoms with E-state index in [0.29, 0.717) is 10.0 Å². The van der Waals surface area contributed by atoms with Gasteiger partial charge >= 0.3 is 0 Å². The minimum absolute atomic E-state index is 0.326. The van der Waals surface area contributed by atoms with Crippen LogP contribution in [0, 0.1) is 40.4 Å². The molecule has 1 N–H and O–H groups in total. The summed E-state index contributed by atoms with van der Waals surface area (Å²) in [4.78, 5) is 0. The maximum atomic E-state index is 13.7. The van der Waals surface area contributed by atoms with Crippen molar-refractivity contribution < 1.29 is 9.50 Å². The third kappa shape index (κ3) is 2.65. The van der Waals surface area contributed by atoms with Gasteiger partial charge in [0.05, 0.1) is 4.47 Å². The van der Waals surface area contributed by atoms with Crippen molar-refractivity contribution in [2.75, 3.05) is 0 Å². The molecule has 0 saturated heterocycles. The van der Waals surface area contributed by atoms with Crippen LogP contribution in [0.3, 0.4) is 0 Å². The van der Waals surface area contributed by atoms with Gasteiger partial charge in [-0.25, -0.2) is 4.39 Å². The first-order valence-corrected chi connectivity index (χ1v) is 7.75. The average Bonchev–Trinajstić information content (AvgIpc) is 2.46. The molecule has 3 heteroatoms. The molecule has 0 heterocycles. The van der Waals surface area contributed by atoms with E-state index in [1.54, 1.807) is 12.1 Å². The van der Waals surface area contributed by atoms with E-state index in [0.717, 1.165) is 16.7 Å². The number of benzene rings is 2. The molecule has 0 aliphatic carbocycles. The van der Waals surface area contributed by atoms with Crippen molar-refractivity contribution in [3.05, 3.63) is 67.4 Å². The van der Waals surface area contributed by atoms with Crippen molar-refractivity contribution in [1.82, 2.24) is 0 Å². The van der Waals surface area contributed by atoms with Gasteiger partial charge in [-0.2, -0.15) is 0 Å². The zero-order valence-electron chi connectivity index (χ0n) is 13.0. The standard InChI is InChI=1S/C18H20BrFO/c1-9-10(2)12(4)16(13(5)11(9)3)18(21)14-7-6-8-15(20)17(14)19/h6-8,18,21H,1-5H3. The summed E-state index contributed by atoms with van der Waals surface area (Å²) in [5.74, 6) is -0.359. The van der Waals surface area contributed by atoms with Crippen molar-refractivity contribution in [1.29, 1.82) is 0 Å². The molecule has 0 spiro atoms. The van der Waals surface area contributed by atoms with E-state index in [2.05, 4.69) is 36.7 Å². The van der Waals surface area contributed by atoms with Crippen LogP contribution >= 0.6 is 15.9 Å². The lowest BCUT2D eigenvalue weighted by molar-refractivity contribution is 0.217. The SMILES string of the molecule is Cc1c(C)c(C)c(C(O)c2cccc(F)c2Br)c(C)c1C. The smallest absolute Gasteiger partial charge is 0.137 e. The van der Waals surface area contributed by atoms with Gasteiger partial charge in [0, 0.05) is 5.56 Å². The second-order valence-electron chi connectivity index (χ2n) is 5.58. The van der Waals surface area contributed by atoms with E-state index in [9.17, 15) is 9.50 Å². The van der Waals surface area contributed by atoms with E-state index in [-0.39, 0.29) is 5.82 Å². The molecule has 2 rings (SSSR count). The van der Waals surface area contributed by atoms with Crippen LogP contribution in [0.25, 0.3) is 0 Å². The predicted octanol–water partition coefficient (Wildman–Crippen LogP) is 5.21. The van der Waals surface area contributed by atoms with Crippen LogP contribution in [0.4, 0.5) is 4.39 Å². The molecule has 2 aromatic rings. The van der Waals surface area contributed by atoms with Gasteiger partial charge in [0.1, 0.15) is 11.9 Å².